The lowest BCUT2D eigenvalue weighted by Gasteiger charge is -2.19. The topological polar surface area (TPSA) is 47.6 Å². The molecule has 4 nitrogen and oxygen atoms in total. The van der Waals surface area contributed by atoms with Gasteiger partial charge in [-0.2, -0.15) is 0 Å². The second-order valence-electron chi connectivity index (χ2n) is 5.75. The number of ether oxygens (including phenoxy) is 2. The first-order valence-corrected chi connectivity index (χ1v) is 8.27. The van der Waals surface area contributed by atoms with Crippen molar-refractivity contribution < 1.29 is 14.3 Å². The lowest BCUT2D eigenvalue weighted by molar-refractivity contribution is -0.128. The highest BCUT2D eigenvalue weighted by Crippen LogP contribution is 2.19. The third kappa shape index (κ3) is 5.01. The fourth-order valence-electron chi connectivity index (χ4n) is 2.41. The van der Waals surface area contributed by atoms with Crippen LogP contribution in [0, 0.1) is 0 Å². The Hall–Kier alpha value is -2.49. The summed E-state index contributed by atoms with van der Waals surface area (Å²) in [5, 5.41) is 2.99. The van der Waals surface area contributed by atoms with Crippen molar-refractivity contribution in [2.24, 2.45) is 0 Å². The monoisotopic (exact) mass is 327 g/mol. The average Bonchev–Trinajstić information content (AvgIpc) is 2.65. The predicted molar refractivity (Wildman–Crippen MR) is 95.6 cm³/mol. The van der Waals surface area contributed by atoms with Crippen LogP contribution in [-0.2, 0) is 4.79 Å². The van der Waals surface area contributed by atoms with E-state index in [9.17, 15) is 4.79 Å². The van der Waals surface area contributed by atoms with E-state index in [4.69, 9.17) is 9.47 Å². The Labute approximate surface area is 143 Å². The van der Waals surface area contributed by atoms with Crippen LogP contribution in [0.25, 0.3) is 0 Å². The Balaban J connectivity index is 1.88. The molecule has 0 saturated heterocycles. The van der Waals surface area contributed by atoms with Crippen molar-refractivity contribution in [2.75, 3.05) is 13.7 Å². The molecule has 2 aromatic rings. The molecular formula is C20H25NO3. The van der Waals surface area contributed by atoms with Gasteiger partial charge in [0.1, 0.15) is 11.5 Å². The molecule has 0 fully saturated rings. The van der Waals surface area contributed by atoms with Gasteiger partial charge in [0.05, 0.1) is 7.11 Å². The second-order valence-corrected chi connectivity index (χ2v) is 5.75. The smallest absolute Gasteiger partial charge is 0.261 e. The van der Waals surface area contributed by atoms with Gasteiger partial charge in [0.15, 0.2) is 6.10 Å². The average molecular weight is 327 g/mol. The third-order valence-corrected chi connectivity index (χ3v) is 3.95. The van der Waals surface area contributed by atoms with Crippen LogP contribution in [-0.4, -0.2) is 25.7 Å². The van der Waals surface area contributed by atoms with Crippen LogP contribution in [0.15, 0.2) is 54.6 Å². The summed E-state index contributed by atoms with van der Waals surface area (Å²) in [7, 11) is 1.62. The Morgan fingerprint density at radius 2 is 1.67 bits per heavy atom. The molecule has 0 aliphatic carbocycles. The van der Waals surface area contributed by atoms with Crippen LogP contribution < -0.4 is 14.8 Å². The number of rotatable bonds is 8. The third-order valence-electron chi connectivity index (χ3n) is 3.95. The largest absolute Gasteiger partial charge is 0.497 e. The van der Waals surface area contributed by atoms with Crippen molar-refractivity contribution in [2.45, 2.75) is 32.3 Å². The number of hydrogen-bond donors (Lipinski definition) is 1. The highest BCUT2D eigenvalue weighted by molar-refractivity contribution is 5.81. The molecule has 2 aromatic carbocycles. The van der Waals surface area contributed by atoms with E-state index in [0.717, 1.165) is 5.75 Å². The number of carbonyl (C=O) groups is 1. The van der Waals surface area contributed by atoms with Crippen molar-refractivity contribution in [1.29, 1.82) is 0 Å². The van der Waals surface area contributed by atoms with E-state index in [1.54, 1.807) is 19.2 Å². The molecular weight excluding hydrogens is 302 g/mol. The standard InChI is InChI=1S/C20H25NO3/c1-4-19(24-18-12-10-17(23-3)11-13-18)20(22)21-14-15(2)16-8-6-5-7-9-16/h5-13,15,19H,4,14H2,1-3H3,(H,21,22)/t15-,19+/m1/s1. The van der Waals surface area contributed by atoms with E-state index >= 15 is 0 Å². The molecule has 0 heterocycles. The Morgan fingerprint density at radius 1 is 1.04 bits per heavy atom. The normalized spacial score (nSPS) is 13.0. The number of methoxy groups -OCH3 is 1. The van der Waals surface area contributed by atoms with E-state index < -0.39 is 6.10 Å². The highest BCUT2D eigenvalue weighted by atomic mass is 16.5. The maximum absolute atomic E-state index is 12.4. The molecule has 2 rings (SSSR count). The van der Waals surface area contributed by atoms with E-state index in [0.29, 0.717) is 18.7 Å². The minimum absolute atomic E-state index is 0.0869. The maximum atomic E-state index is 12.4. The summed E-state index contributed by atoms with van der Waals surface area (Å²) in [6.07, 6.45) is 0.110. The summed E-state index contributed by atoms with van der Waals surface area (Å²) in [4.78, 5) is 12.4. The molecule has 24 heavy (non-hydrogen) atoms. The molecule has 0 radical (unpaired) electrons. The van der Waals surface area contributed by atoms with Crippen LogP contribution in [0.4, 0.5) is 0 Å². The van der Waals surface area contributed by atoms with Crippen LogP contribution in [0.5, 0.6) is 11.5 Å². The minimum atomic E-state index is -0.499. The van der Waals surface area contributed by atoms with Gasteiger partial charge < -0.3 is 14.8 Å². The first-order valence-electron chi connectivity index (χ1n) is 8.27. The quantitative estimate of drug-likeness (QED) is 0.803. The number of amides is 1. The molecule has 1 N–H and O–H groups in total. The minimum Gasteiger partial charge on any atom is -0.497 e. The Bertz CT molecular complexity index is 625. The van der Waals surface area contributed by atoms with Crippen molar-refractivity contribution in [3.05, 3.63) is 60.2 Å². The summed E-state index contributed by atoms with van der Waals surface area (Å²) >= 11 is 0. The summed E-state index contributed by atoms with van der Waals surface area (Å²) < 4.78 is 10.9. The van der Waals surface area contributed by atoms with Gasteiger partial charge in [0, 0.05) is 6.54 Å². The molecule has 0 saturated carbocycles. The Morgan fingerprint density at radius 3 is 2.25 bits per heavy atom. The van der Waals surface area contributed by atoms with Gasteiger partial charge in [-0.05, 0) is 42.2 Å². The molecule has 0 spiro atoms. The second kappa shape index (κ2) is 8.96. The number of hydrogen-bond acceptors (Lipinski definition) is 3. The highest BCUT2D eigenvalue weighted by Gasteiger charge is 2.19. The first-order chi connectivity index (χ1) is 11.6. The molecule has 0 aliphatic heterocycles. The zero-order valence-corrected chi connectivity index (χ0v) is 14.5. The molecule has 1 amide bonds. The van der Waals surface area contributed by atoms with Crippen LogP contribution in [0.3, 0.4) is 0 Å². The zero-order valence-electron chi connectivity index (χ0n) is 14.5. The van der Waals surface area contributed by atoms with Crippen molar-refractivity contribution in [3.8, 4) is 11.5 Å². The molecule has 0 unspecified atom stereocenters. The first kappa shape index (κ1) is 17.9. The van der Waals surface area contributed by atoms with Gasteiger partial charge in [-0.1, -0.05) is 44.2 Å². The van der Waals surface area contributed by atoms with Gasteiger partial charge >= 0.3 is 0 Å². The van der Waals surface area contributed by atoms with Crippen molar-refractivity contribution in [3.63, 3.8) is 0 Å². The van der Waals surface area contributed by atoms with Crippen molar-refractivity contribution in [1.82, 2.24) is 5.32 Å². The summed E-state index contributed by atoms with van der Waals surface area (Å²) in [5.74, 6) is 1.59. The van der Waals surface area contributed by atoms with Gasteiger partial charge in [0.2, 0.25) is 0 Å². The van der Waals surface area contributed by atoms with E-state index in [2.05, 4.69) is 24.4 Å². The lowest BCUT2D eigenvalue weighted by atomic mass is 10.0. The zero-order chi connectivity index (χ0) is 17.4. The van der Waals surface area contributed by atoms with Crippen LogP contribution in [0.1, 0.15) is 31.7 Å². The van der Waals surface area contributed by atoms with Gasteiger partial charge in [-0.15, -0.1) is 0 Å². The van der Waals surface area contributed by atoms with Gasteiger partial charge in [-0.25, -0.2) is 0 Å². The summed E-state index contributed by atoms with van der Waals surface area (Å²) in [6, 6.07) is 17.4. The SMILES string of the molecule is CC[C@H](Oc1ccc(OC)cc1)C(=O)NC[C@@H](C)c1ccccc1. The van der Waals surface area contributed by atoms with E-state index in [1.807, 2.05) is 37.3 Å². The predicted octanol–water partition coefficient (Wildman–Crippen LogP) is 3.77. The van der Waals surface area contributed by atoms with E-state index in [1.165, 1.54) is 5.56 Å². The summed E-state index contributed by atoms with van der Waals surface area (Å²) in [5.41, 5.74) is 1.21. The lowest BCUT2D eigenvalue weighted by Crippen LogP contribution is -2.39. The molecule has 2 atom stereocenters. The van der Waals surface area contributed by atoms with Gasteiger partial charge in [-0.3, -0.25) is 4.79 Å². The van der Waals surface area contributed by atoms with Crippen molar-refractivity contribution >= 4 is 5.91 Å². The van der Waals surface area contributed by atoms with Crippen LogP contribution >= 0.6 is 0 Å². The van der Waals surface area contributed by atoms with E-state index in [-0.39, 0.29) is 11.8 Å². The molecule has 0 aliphatic rings. The molecule has 128 valence electrons. The molecule has 4 heteroatoms. The number of nitrogens with one attached hydrogen (secondary N) is 1. The summed E-state index contributed by atoms with van der Waals surface area (Å²) in [6.45, 7) is 4.63. The fourth-order valence-corrected chi connectivity index (χ4v) is 2.41. The maximum Gasteiger partial charge on any atom is 0.261 e. The fraction of sp³-hybridized carbons (Fsp3) is 0.350. The number of benzene rings is 2. The molecule has 0 bridgehead atoms. The number of carbonyl (C=O) groups excluding carboxylic acids is 1. The van der Waals surface area contributed by atoms with Crippen LogP contribution in [0.2, 0.25) is 0 Å². The Kier molecular flexibility index (Phi) is 6.67. The molecule has 0 aromatic heterocycles. The van der Waals surface area contributed by atoms with Gasteiger partial charge in [0.25, 0.3) is 5.91 Å².